The van der Waals surface area contributed by atoms with E-state index >= 15 is 0 Å². The molecule has 2 aliphatic heterocycles. The van der Waals surface area contributed by atoms with Gasteiger partial charge in [0, 0.05) is 63.3 Å². The average Bonchev–Trinajstić information content (AvgIpc) is 3.33. The number of benzene rings is 11. The van der Waals surface area contributed by atoms with E-state index in [2.05, 4.69) is 32.7 Å². The molecule has 64 heavy (non-hydrogen) atoms. The van der Waals surface area contributed by atoms with Gasteiger partial charge in [-0.15, -0.1) is 0 Å². The predicted molar refractivity (Wildman–Crippen MR) is 241 cm³/mol. The fourth-order valence-corrected chi connectivity index (χ4v) is 11.4. The first-order chi connectivity index (χ1) is 31.0. The lowest BCUT2D eigenvalue weighted by Crippen LogP contribution is -2.37. The maximum atomic E-state index is 13.7. The van der Waals surface area contributed by atoms with Gasteiger partial charge < -0.3 is 0 Å². The molecule has 0 bridgehead atoms. The number of nitrogens with zero attached hydrogens (tertiary/aromatic N) is 8. The second kappa shape index (κ2) is 11.0. The second-order valence-corrected chi connectivity index (χ2v) is 16.3. The SMILES string of the molecule is [C-]#[N+]c1cc2c3c(cc(C#N)c4c5ccc6c7c(C#N)cc8c9c(C#N)cc%10c%11c(cc([N+]#[C-])c(c%12cc([N+]#[C-])c(c%13ccc(c1c34)c5c6%13)c7c8%12)c%119)C(=O)N(C)C%10=O)C(=O)N(C)C2=O. The molecule has 288 valence electrons. The molecule has 12 heteroatoms. The van der Waals surface area contributed by atoms with Gasteiger partial charge in [-0.25, -0.2) is 14.5 Å². The zero-order valence-corrected chi connectivity index (χ0v) is 33.0. The van der Waals surface area contributed by atoms with Crippen molar-refractivity contribution in [2.75, 3.05) is 14.1 Å². The highest BCUT2D eigenvalue weighted by atomic mass is 16.2. The number of nitriles is 3. The number of carbonyl (C=O) groups excluding carboxylic acids is 4. The highest BCUT2D eigenvalue weighted by molar-refractivity contribution is 6.51. The number of hydrogen-bond donors (Lipinski definition) is 0. The van der Waals surface area contributed by atoms with Gasteiger partial charge in [-0.1, -0.05) is 24.3 Å². The standard InChI is InChI=1S/C52H16N8O4/c1-56-32-13-27-40-26(37-21(18-55)12-29-42-31(52(64)60(5)50(29)62)15-34(58-3)45(27)48(37)42)10-19(16-53)35-22-6-7-23-36-20(17-54)11-28-41-30(51(63)59(4)49(28)61)14-33(57-2)44(47(36)41)25-9-8-24(38(22)39(23)25)43(32)46(35)40/h6-15H,4-5H3. The van der Waals surface area contributed by atoms with Gasteiger partial charge in [-0.05, 0) is 117 Å². The van der Waals surface area contributed by atoms with Crippen LogP contribution in [0.3, 0.4) is 0 Å². The summed E-state index contributed by atoms with van der Waals surface area (Å²) in [7, 11) is 2.72. The molecule has 0 aliphatic carbocycles. The van der Waals surface area contributed by atoms with Crippen LogP contribution in [0, 0.1) is 53.7 Å². The van der Waals surface area contributed by atoms with E-state index in [0.717, 1.165) is 9.80 Å². The first-order valence-electron chi connectivity index (χ1n) is 19.7. The fraction of sp³-hybridized carbons (Fsp3) is 0.0385. The zero-order valence-electron chi connectivity index (χ0n) is 33.0. The molecule has 0 atom stereocenters. The van der Waals surface area contributed by atoms with E-state index in [9.17, 15) is 35.0 Å². The number of imide groups is 2. The Balaban J connectivity index is 1.32. The minimum absolute atomic E-state index is 0.0937. The molecule has 13 rings (SSSR count). The van der Waals surface area contributed by atoms with Crippen LogP contribution in [0.15, 0.2) is 60.7 Å². The van der Waals surface area contributed by atoms with Crippen LogP contribution in [-0.4, -0.2) is 47.5 Å². The fourth-order valence-electron chi connectivity index (χ4n) is 11.4. The van der Waals surface area contributed by atoms with Crippen LogP contribution in [0.5, 0.6) is 0 Å². The molecule has 0 fully saturated rings. The quantitative estimate of drug-likeness (QED) is 0.0637. The maximum Gasteiger partial charge on any atom is 0.261 e. The van der Waals surface area contributed by atoms with Crippen LogP contribution in [0.1, 0.15) is 58.1 Å². The van der Waals surface area contributed by atoms with Gasteiger partial charge in [-0.3, -0.25) is 29.0 Å². The van der Waals surface area contributed by atoms with Crippen molar-refractivity contribution < 1.29 is 19.2 Å². The van der Waals surface area contributed by atoms with Crippen LogP contribution in [0.2, 0.25) is 0 Å². The predicted octanol–water partition coefficient (Wildman–Crippen LogP) is 11.3. The third kappa shape index (κ3) is 3.52. The molecule has 2 heterocycles. The van der Waals surface area contributed by atoms with Gasteiger partial charge in [-0.2, -0.15) is 15.8 Å². The van der Waals surface area contributed by atoms with Gasteiger partial charge >= 0.3 is 0 Å². The van der Waals surface area contributed by atoms with Crippen LogP contribution in [0.25, 0.3) is 122 Å². The molecule has 0 unspecified atom stereocenters. The molecular weight excluding hydrogens is 801 g/mol. The van der Waals surface area contributed by atoms with E-state index < -0.39 is 23.6 Å². The Labute approximate surface area is 358 Å². The Bertz CT molecular complexity index is 4340. The minimum Gasteiger partial charge on any atom is -0.278 e. The summed E-state index contributed by atoms with van der Waals surface area (Å²) in [5.74, 6) is -2.32. The van der Waals surface area contributed by atoms with Gasteiger partial charge in [0.25, 0.3) is 23.6 Å². The Morgan fingerprint density at radius 3 is 1.08 bits per heavy atom. The van der Waals surface area contributed by atoms with Crippen molar-refractivity contribution in [1.82, 2.24) is 9.80 Å². The topological polar surface area (TPSA) is 159 Å². The van der Waals surface area contributed by atoms with E-state index in [4.69, 9.17) is 19.7 Å². The van der Waals surface area contributed by atoms with Crippen molar-refractivity contribution in [3.63, 3.8) is 0 Å². The van der Waals surface area contributed by atoms with Gasteiger partial charge in [0.2, 0.25) is 0 Å². The molecule has 2 aliphatic rings. The third-order valence-corrected chi connectivity index (χ3v) is 13.8. The van der Waals surface area contributed by atoms with Crippen molar-refractivity contribution in [3.8, 4) is 18.2 Å². The van der Waals surface area contributed by atoms with Gasteiger partial charge in [0.1, 0.15) is 0 Å². The summed E-state index contributed by atoms with van der Waals surface area (Å²) >= 11 is 0. The van der Waals surface area contributed by atoms with Gasteiger partial charge in [0.15, 0.2) is 17.1 Å². The van der Waals surface area contributed by atoms with Crippen LogP contribution >= 0.6 is 0 Å². The van der Waals surface area contributed by atoms with Gasteiger partial charge in [0.05, 0.1) is 54.6 Å². The molecule has 0 radical (unpaired) electrons. The van der Waals surface area contributed by atoms with Crippen molar-refractivity contribution in [2.45, 2.75) is 0 Å². The highest BCUT2D eigenvalue weighted by Crippen LogP contribution is 2.57. The number of amides is 4. The van der Waals surface area contributed by atoms with Crippen molar-refractivity contribution in [1.29, 1.82) is 15.8 Å². The summed E-state index contributed by atoms with van der Waals surface area (Å²) < 4.78 is 0. The van der Waals surface area contributed by atoms with Crippen molar-refractivity contribution >= 4 is 148 Å². The maximum absolute atomic E-state index is 13.7. The van der Waals surface area contributed by atoms with E-state index in [1.165, 1.54) is 38.4 Å². The zero-order chi connectivity index (χ0) is 44.1. The molecule has 11 aromatic carbocycles. The molecule has 0 N–H and O–H groups in total. The number of carbonyl (C=O) groups is 4. The average molecular weight is 817 g/mol. The molecular formula is C52H16N8O4. The van der Waals surface area contributed by atoms with E-state index in [0.29, 0.717) is 108 Å². The Hall–Kier alpha value is -9.98. The molecule has 0 spiro atoms. The summed E-state index contributed by atoms with van der Waals surface area (Å²) in [4.78, 5) is 68.5. The Kier molecular flexibility index (Phi) is 6.01. The van der Waals surface area contributed by atoms with E-state index in [1.807, 2.05) is 24.3 Å². The molecule has 12 nitrogen and oxygen atoms in total. The van der Waals surface area contributed by atoms with Crippen molar-refractivity contribution in [2.24, 2.45) is 0 Å². The number of fused-ring (bicyclic) bond motifs is 6. The molecule has 0 saturated carbocycles. The third-order valence-electron chi connectivity index (χ3n) is 13.8. The summed E-state index contributed by atoms with van der Waals surface area (Å²) in [5.41, 5.74) is 1.57. The molecule has 11 aromatic rings. The molecule has 4 amide bonds. The van der Waals surface area contributed by atoms with Crippen LogP contribution in [-0.2, 0) is 0 Å². The normalized spacial score (nSPS) is 13.8. The lowest BCUT2D eigenvalue weighted by molar-refractivity contribution is 0.0635. The van der Waals surface area contributed by atoms with Crippen LogP contribution in [0.4, 0.5) is 17.1 Å². The Morgan fingerprint density at radius 2 is 0.672 bits per heavy atom. The second-order valence-electron chi connectivity index (χ2n) is 16.3. The molecule has 0 saturated heterocycles. The Morgan fingerprint density at radius 1 is 0.375 bits per heavy atom. The lowest BCUT2D eigenvalue weighted by Gasteiger charge is -2.28. The van der Waals surface area contributed by atoms with Crippen LogP contribution < -0.4 is 0 Å². The molecule has 0 aromatic heterocycles. The minimum atomic E-state index is -0.600. The summed E-state index contributed by atoms with van der Waals surface area (Å²) in [6.07, 6.45) is 0. The van der Waals surface area contributed by atoms with E-state index in [1.54, 1.807) is 12.1 Å². The smallest absolute Gasteiger partial charge is 0.261 e. The summed E-state index contributed by atoms with van der Waals surface area (Å²) in [6.45, 7) is 25.4. The monoisotopic (exact) mass is 816 g/mol. The number of hydrogen-bond acceptors (Lipinski definition) is 7. The van der Waals surface area contributed by atoms with E-state index in [-0.39, 0.29) is 56.0 Å². The largest absolute Gasteiger partial charge is 0.278 e. The first-order valence-corrected chi connectivity index (χ1v) is 19.7. The lowest BCUT2D eigenvalue weighted by atomic mass is 9.77. The highest BCUT2D eigenvalue weighted by Gasteiger charge is 2.37. The summed E-state index contributed by atoms with van der Waals surface area (Å²) in [5, 5.41) is 42.6. The number of rotatable bonds is 0. The van der Waals surface area contributed by atoms with Crippen molar-refractivity contribution in [3.05, 3.63) is 134 Å². The first kappa shape index (κ1) is 34.8. The summed E-state index contributed by atoms with van der Waals surface area (Å²) in [6, 6.07) is 23.7.